The quantitative estimate of drug-likeness (QED) is 0.578. The average Bonchev–Trinajstić information content (AvgIpc) is 2.82. The summed E-state index contributed by atoms with van der Waals surface area (Å²) in [5, 5.41) is 2.61. The van der Waals surface area contributed by atoms with Crippen molar-refractivity contribution in [1.29, 1.82) is 0 Å². The minimum absolute atomic E-state index is 0.271. The number of nitrogens with zero attached hydrogens (tertiary/aromatic N) is 1. The molecule has 3 aromatic rings. The first-order valence-corrected chi connectivity index (χ1v) is 11.0. The van der Waals surface area contributed by atoms with Gasteiger partial charge < -0.3 is 10.1 Å². The summed E-state index contributed by atoms with van der Waals surface area (Å²) >= 11 is 7.00. The van der Waals surface area contributed by atoms with Gasteiger partial charge in [0.15, 0.2) is 0 Å². The summed E-state index contributed by atoms with van der Waals surface area (Å²) in [6.07, 6.45) is 0. The Bertz CT molecular complexity index is 1090. The van der Waals surface area contributed by atoms with Crippen molar-refractivity contribution >= 4 is 45.8 Å². The maximum atomic E-state index is 13.6. The first-order chi connectivity index (χ1) is 15.1. The van der Waals surface area contributed by atoms with E-state index in [4.69, 9.17) is 17.0 Å². The lowest BCUT2D eigenvalue weighted by atomic mass is 10.0. The van der Waals surface area contributed by atoms with Crippen molar-refractivity contribution in [1.82, 2.24) is 5.32 Å². The molecule has 156 valence electrons. The zero-order chi connectivity index (χ0) is 21.8. The Hall–Kier alpha value is -3.16. The second-order valence-electron chi connectivity index (χ2n) is 6.90. The number of ether oxygens (including phenoxy) is 1. The summed E-state index contributed by atoms with van der Waals surface area (Å²) in [7, 11) is 1.58. The van der Waals surface area contributed by atoms with Crippen LogP contribution >= 0.6 is 24.0 Å². The molecule has 0 radical (unpaired) electrons. The molecule has 1 N–H and O–H groups in total. The van der Waals surface area contributed by atoms with E-state index in [-0.39, 0.29) is 17.1 Å². The molecule has 3 aromatic carbocycles. The first kappa shape index (κ1) is 21.1. The van der Waals surface area contributed by atoms with E-state index in [0.29, 0.717) is 21.3 Å². The number of carbonyl (C=O) groups is 2. The number of amides is 2. The van der Waals surface area contributed by atoms with Crippen LogP contribution in [0.25, 0.3) is 0 Å². The second-order valence-corrected chi connectivity index (χ2v) is 8.68. The van der Waals surface area contributed by atoms with E-state index in [1.807, 2.05) is 36.4 Å². The zero-order valence-corrected chi connectivity index (χ0v) is 18.4. The lowest BCUT2D eigenvalue weighted by molar-refractivity contribution is -0.119. The molecule has 0 aromatic heterocycles. The van der Waals surface area contributed by atoms with Gasteiger partial charge in [-0.15, -0.1) is 0 Å². The molecule has 0 saturated carbocycles. The Kier molecular flexibility index (Phi) is 6.34. The molecule has 2 amide bonds. The summed E-state index contributed by atoms with van der Waals surface area (Å²) < 4.78 is 5.65. The average molecular weight is 449 g/mol. The topological polar surface area (TPSA) is 58.6 Å². The van der Waals surface area contributed by atoms with Crippen LogP contribution in [0.5, 0.6) is 5.75 Å². The van der Waals surface area contributed by atoms with Crippen LogP contribution in [0.15, 0.2) is 84.9 Å². The van der Waals surface area contributed by atoms with Gasteiger partial charge in [-0.2, -0.15) is 0 Å². The summed E-state index contributed by atoms with van der Waals surface area (Å²) in [6.45, 7) is 0. The monoisotopic (exact) mass is 448 g/mol. The minimum Gasteiger partial charge on any atom is -0.497 e. The molecule has 4 rings (SSSR count). The molecule has 1 aliphatic heterocycles. The molecule has 1 saturated heterocycles. The third-order valence-electron chi connectivity index (χ3n) is 4.98. The molecule has 2 atom stereocenters. The van der Waals surface area contributed by atoms with Crippen molar-refractivity contribution in [3.63, 3.8) is 0 Å². The number of methoxy groups -OCH3 is 1. The van der Waals surface area contributed by atoms with Gasteiger partial charge in [0.25, 0.3) is 11.8 Å². The number of carbonyl (C=O) groups excluding carboxylic acids is 2. The number of nitrogens with one attached hydrogen (secondary N) is 1. The lowest BCUT2D eigenvalue weighted by Crippen LogP contribution is -2.55. The van der Waals surface area contributed by atoms with Crippen molar-refractivity contribution in [2.45, 2.75) is 11.3 Å². The molecule has 1 fully saturated rings. The van der Waals surface area contributed by atoms with Crippen LogP contribution in [0.1, 0.15) is 21.2 Å². The van der Waals surface area contributed by atoms with Crippen LogP contribution in [-0.4, -0.2) is 29.3 Å². The van der Waals surface area contributed by atoms with Crippen molar-refractivity contribution in [3.05, 3.63) is 96.1 Å². The van der Waals surface area contributed by atoms with E-state index in [9.17, 15) is 9.59 Å². The summed E-state index contributed by atoms with van der Waals surface area (Å²) in [6, 6.07) is 24.8. The fourth-order valence-corrected chi connectivity index (χ4v) is 5.04. The largest absolute Gasteiger partial charge is 0.497 e. The number of rotatable bonds is 5. The predicted molar refractivity (Wildman–Crippen MR) is 128 cm³/mol. The Balaban J connectivity index is 1.69. The molecule has 0 bridgehead atoms. The Morgan fingerprint density at radius 1 is 0.968 bits per heavy atom. The van der Waals surface area contributed by atoms with Crippen LogP contribution in [0.2, 0.25) is 0 Å². The summed E-state index contributed by atoms with van der Waals surface area (Å²) in [5.41, 5.74) is 2.06. The Morgan fingerprint density at radius 2 is 1.58 bits per heavy atom. The molecular formula is C24H20N2O3S2. The Morgan fingerprint density at radius 3 is 2.19 bits per heavy atom. The molecule has 0 unspecified atom stereocenters. The number of benzene rings is 3. The van der Waals surface area contributed by atoms with E-state index in [1.54, 1.807) is 55.6 Å². The number of hydrogen-bond acceptors (Lipinski definition) is 5. The second kappa shape index (κ2) is 9.32. The van der Waals surface area contributed by atoms with Gasteiger partial charge in [0, 0.05) is 5.56 Å². The summed E-state index contributed by atoms with van der Waals surface area (Å²) in [5.74, 6) is 0.109. The van der Waals surface area contributed by atoms with E-state index in [1.165, 1.54) is 16.7 Å². The predicted octanol–water partition coefficient (Wildman–Crippen LogP) is 4.60. The molecule has 0 aliphatic carbocycles. The van der Waals surface area contributed by atoms with Gasteiger partial charge in [-0.3, -0.25) is 14.5 Å². The summed E-state index contributed by atoms with van der Waals surface area (Å²) in [4.78, 5) is 28.0. The van der Waals surface area contributed by atoms with Crippen LogP contribution < -0.4 is 15.0 Å². The van der Waals surface area contributed by atoms with Gasteiger partial charge in [-0.25, -0.2) is 0 Å². The highest BCUT2D eigenvalue weighted by molar-refractivity contribution is 8.23. The number of hydrogen-bond donors (Lipinski definition) is 1. The fourth-order valence-electron chi connectivity index (χ4n) is 3.41. The highest BCUT2D eigenvalue weighted by atomic mass is 32.2. The molecule has 7 heteroatoms. The molecule has 1 aliphatic rings. The molecular weight excluding hydrogens is 428 g/mol. The van der Waals surface area contributed by atoms with Crippen LogP contribution in [0.4, 0.5) is 5.69 Å². The number of anilines is 1. The molecule has 1 heterocycles. The van der Waals surface area contributed by atoms with Crippen LogP contribution in [0, 0.1) is 0 Å². The molecule has 0 spiro atoms. The van der Waals surface area contributed by atoms with Crippen LogP contribution in [0.3, 0.4) is 0 Å². The van der Waals surface area contributed by atoms with Gasteiger partial charge >= 0.3 is 0 Å². The molecule has 31 heavy (non-hydrogen) atoms. The third kappa shape index (κ3) is 4.47. The van der Waals surface area contributed by atoms with Crippen molar-refractivity contribution in [2.24, 2.45) is 0 Å². The van der Waals surface area contributed by atoms with Gasteiger partial charge in [0.05, 0.1) is 18.0 Å². The van der Waals surface area contributed by atoms with Gasteiger partial charge in [-0.1, -0.05) is 72.5 Å². The standard InChI is InChI=1S/C24H20N2O3S2/c1-29-19-14-12-18(13-15-19)26-23(28)20(25-22(27)17-10-6-3-7-11-17)21(31-24(26)30)16-8-4-2-5-9-16/h2-15,20-21H,1H3,(H,25,27)/t20-,21+/m0/s1. The molecule has 5 nitrogen and oxygen atoms in total. The normalized spacial score (nSPS) is 18.5. The van der Waals surface area contributed by atoms with Gasteiger partial charge in [0.2, 0.25) is 0 Å². The van der Waals surface area contributed by atoms with Gasteiger partial charge in [-0.05, 0) is 42.0 Å². The van der Waals surface area contributed by atoms with Crippen molar-refractivity contribution in [3.8, 4) is 5.75 Å². The smallest absolute Gasteiger partial charge is 0.256 e. The maximum absolute atomic E-state index is 13.6. The highest BCUT2D eigenvalue weighted by Crippen LogP contribution is 2.41. The first-order valence-electron chi connectivity index (χ1n) is 9.68. The van der Waals surface area contributed by atoms with E-state index < -0.39 is 6.04 Å². The fraction of sp³-hybridized carbons (Fsp3) is 0.125. The number of thiocarbonyl (C=S) groups is 1. The highest BCUT2D eigenvalue weighted by Gasteiger charge is 2.42. The van der Waals surface area contributed by atoms with E-state index in [2.05, 4.69) is 5.32 Å². The van der Waals surface area contributed by atoms with E-state index in [0.717, 1.165) is 5.56 Å². The van der Waals surface area contributed by atoms with E-state index >= 15 is 0 Å². The zero-order valence-electron chi connectivity index (χ0n) is 16.7. The van der Waals surface area contributed by atoms with Crippen molar-refractivity contribution in [2.75, 3.05) is 12.0 Å². The minimum atomic E-state index is -0.783. The van der Waals surface area contributed by atoms with Gasteiger partial charge in [0.1, 0.15) is 16.1 Å². The van der Waals surface area contributed by atoms with Crippen LogP contribution in [-0.2, 0) is 4.79 Å². The lowest BCUT2D eigenvalue weighted by Gasteiger charge is -2.38. The Labute approximate surface area is 190 Å². The third-order valence-corrected chi connectivity index (χ3v) is 6.63. The van der Waals surface area contributed by atoms with Crippen molar-refractivity contribution < 1.29 is 14.3 Å². The SMILES string of the molecule is COc1ccc(N2C(=O)[C@@H](NC(=O)c3ccccc3)[C@@H](c3ccccc3)SC2=S)cc1. The maximum Gasteiger partial charge on any atom is 0.256 e. The number of thioether (sulfide) groups is 1.